The average molecular weight is 441 g/mol. The third-order valence-corrected chi connectivity index (χ3v) is 6.39. The summed E-state index contributed by atoms with van der Waals surface area (Å²) in [5, 5.41) is 4.86. The standard InChI is InChI=1S/C25H24N6O2/c32-25(18-5-6-27-24(13-18)31-9-7-30(8-10-31)21-3-4-21)29-23-12-20-11-17(22-15-26-16-33-22)1-2-19(20)14-28-23/h1-2,5-6,11-16,21H,3-4,7-10H2,(H,28,29,32). The summed E-state index contributed by atoms with van der Waals surface area (Å²) >= 11 is 0. The van der Waals surface area contributed by atoms with Crippen LogP contribution in [0.25, 0.3) is 22.1 Å². The van der Waals surface area contributed by atoms with E-state index < -0.39 is 0 Å². The monoisotopic (exact) mass is 440 g/mol. The average Bonchev–Trinajstić information content (AvgIpc) is 3.57. The van der Waals surface area contributed by atoms with Crippen LogP contribution >= 0.6 is 0 Å². The molecule has 8 nitrogen and oxygen atoms in total. The molecular weight excluding hydrogens is 416 g/mol. The van der Waals surface area contributed by atoms with Gasteiger partial charge < -0.3 is 14.6 Å². The van der Waals surface area contributed by atoms with Crippen LogP contribution in [0.5, 0.6) is 0 Å². The van der Waals surface area contributed by atoms with Gasteiger partial charge >= 0.3 is 0 Å². The third kappa shape index (κ3) is 4.17. The molecule has 1 aliphatic heterocycles. The first-order chi connectivity index (χ1) is 16.2. The zero-order chi connectivity index (χ0) is 22.2. The Morgan fingerprint density at radius 2 is 1.85 bits per heavy atom. The molecule has 8 heteroatoms. The normalized spacial score (nSPS) is 16.8. The van der Waals surface area contributed by atoms with Crippen molar-refractivity contribution in [3.8, 4) is 11.3 Å². The van der Waals surface area contributed by atoms with Crippen LogP contribution in [-0.2, 0) is 0 Å². The van der Waals surface area contributed by atoms with E-state index in [0.29, 0.717) is 17.1 Å². The largest absolute Gasteiger partial charge is 0.444 e. The van der Waals surface area contributed by atoms with Crippen molar-refractivity contribution in [1.82, 2.24) is 19.9 Å². The van der Waals surface area contributed by atoms with Crippen molar-refractivity contribution < 1.29 is 9.21 Å². The number of hydrogen-bond acceptors (Lipinski definition) is 7. The van der Waals surface area contributed by atoms with Gasteiger partial charge in [0.2, 0.25) is 0 Å². The van der Waals surface area contributed by atoms with Gasteiger partial charge in [0.15, 0.2) is 12.2 Å². The fourth-order valence-corrected chi connectivity index (χ4v) is 4.40. The number of hydrogen-bond donors (Lipinski definition) is 1. The van der Waals surface area contributed by atoms with Gasteiger partial charge in [0.05, 0.1) is 6.20 Å². The second-order valence-electron chi connectivity index (χ2n) is 8.61. The Morgan fingerprint density at radius 1 is 0.970 bits per heavy atom. The van der Waals surface area contributed by atoms with E-state index in [1.165, 1.54) is 19.2 Å². The number of fused-ring (bicyclic) bond motifs is 1. The van der Waals surface area contributed by atoms with E-state index >= 15 is 0 Å². The van der Waals surface area contributed by atoms with Crippen LogP contribution in [0.15, 0.2) is 65.8 Å². The number of carbonyl (C=O) groups excluding carboxylic acids is 1. The van der Waals surface area contributed by atoms with Gasteiger partial charge in [-0.1, -0.05) is 12.1 Å². The quantitative estimate of drug-likeness (QED) is 0.505. The zero-order valence-corrected chi connectivity index (χ0v) is 18.1. The molecule has 0 atom stereocenters. The summed E-state index contributed by atoms with van der Waals surface area (Å²) in [5.41, 5.74) is 1.49. The Balaban J connectivity index is 1.18. The van der Waals surface area contributed by atoms with E-state index in [1.54, 1.807) is 24.7 Å². The van der Waals surface area contributed by atoms with Crippen LogP contribution in [0, 0.1) is 0 Å². The number of benzene rings is 1. The minimum absolute atomic E-state index is 0.200. The fourth-order valence-electron chi connectivity index (χ4n) is 4.40. The molecule has 4 heterocycles. The number of amides is 1. The number of carbonyl (C=O) groups is 1. The van der Waals surface area contributed by atoms with Crippen LogP contribution in [0.3, 0.4) is 0 Å². The molecule has 3 aromatic heterocycles. The minimum atomic E-state index is -0.200. The van der Waals surface area contributed by atoms with Crippen LogP contribution in [0.1, 0.15) is 23.2 Å². The van der Waals surface area contributed by atoms with Crippen LogP contribution in [0.4, 0.5) is 11.6 Å². The molecule has 0 radical (unpaired) electrons. The van der Waals surface area contributed by atoms with Crippen LogP contribution in [-0.4, -0.2) is 58.0 Å². The maximum absolute atomic E-state index is 13.0. The highest BCUT2D eigenvalue weighted by atomic mass is 16.3. The van der Waals surface area contributed by atoms with Gasteiger partial charge in [-0.15, -0.1) is 0 Å². The maximum Gasteiger partial charge on any atom is 0.257 e. The van der Waals surface area contributed by atoms with E-state index in [-0.39, 0.29) is 5.91 Å². The number of piperazine rings is 1. The van der Waals surface area contributed by atoms with Gasteiger partial charge in [0.1, 0.15) is 11.6 Å². The molecule has 0 spiro atoms. The lowest BCUT2D eigenvalue weighted by atomic mass is 10.1. The van der Waals surface area contributed by atoms with Crippen molar-refractivity contribution in [3.63, 3.8) is 0 Å². The third-order valence-electron chi connectivity index (χ3n) is 6.39. The summed E-state index contributed by atoms with van der Waals surface area (Å²) in [6.07, 6.45) is 9.21. The Kier molecular flexibility index (Phi) is 4.99. The number of aromatic nitrogens is 3. The van der Waals surface area contributed by atoms with Gasteiger partial charge in [-0.25, -0.2) is 15.0 Å². The van der Waals surface area contributed by atoms with Crippen molar-refractivity contribution in [2.45, 2.75) is 18.9 Å². The highest BCUT2D eigenvalue weighted by Gasteiger charge is 2.31. The summed E-state index contributed by atoms with van der Waals surface area (Å²) in [6.45, 7) is 3.99. The van der Waals surface area contributed by atoms with Gasteiger partial charge in [-0.2, -0.15) is 0 Å². The summed E-state index contributed by atoms with van der Waals surface area (Å²) < 4.78 is 5.39. The van der Waals surface area contributed by atoms with Crippen molar-refractivity contribution in [3.05, 3.63) is 66.9 Å². The second kappa shape index (κ2) is 8.29. The molecule has 166 valence electrons. The van der Waals surface area contributed by atoms with Crippen LogP contribution in [0.2, 0.25) is 0 Å². The van der Waals surface area contributed by atoms with E-state index in [1.807, 2.05) is 30.3 Å². The summed E-state index contributed by atoms with van der Waals surface area (Å²) in [7, 11) is 0. The Labute approximate surface area is 191 Å². The zero-order valence-electron chi connectivity index (χ0n) is 18.1. The van der Waals surface area contributed by atoms with Crippen molar-refractivity contribution in [1.29, 1.82) is 0 Å². The summed E-state index contributed by atoms with van der Waals surface area (Å²) in [4.78, 5) is 30.7. The van der Waals surface area contributed by atoms with Crippen LogP contribution < -0.4 is 10.2 Å². The molecular formula is C25H24N6O2. The number of nitrogens with one attached hydrogen (secondary N) is 1. The molecule has 1 aliphatic carbocycles. The van der Waals surface area contributed by atoms with Crippen molar-refractivity contribution >= 4 is 28.3 Å². The SMILES string of the molecule is O=C(Nc1cc2cc(-c3cnco3)ccc2cn1)c1ccnc(N2CCN(C3CC3)CC2)c1. The van der Waals surface area contributed by atoms with E-state index in [2.05, 4.69) is 30.1 Å². The smallest absolute Gasteiger partial charge is 0.257 e. The van der Waals surface area contributed by atoms with Gasteiger partial charge in [-0.3, -0.25) is 9.69 Å². The predicted octanol–water partition coefficient (Wildman–Crippen LogP) is 3.82. The fraction of sp³-hybridized carbons (Fsp3) is 0.280. The highest BCUT2D eigenvalue weighted by Crippen LogP contribution is 2.28. The molecule has 1 saturated carbocycles. The molecule has 33 heavy (non-hydrogen) atoms. The number of rotatable bonds is 5. The van der Waals surface area contributed by atoms with Gasteiger partial charge in [0, 0.05) is 61.1 Å². The lowest BCUT2D eigenvalue weighted by molar-refractivity contribution is 0.102. The number of nitrogens with zero attached hydrogens (tertiary/aromatic N) is 5. The van der Waals surface area contributed by atoms with Crippen molar-refractivity contribution in [2.75, 3.05) is 36.4 Å². The summed E-state index contributed by atoms with van der Waals surface area (Å²) in [6, 6.07) is 12.2. The first-order valence-electron chi connectivity index (χ1n) is 11.3. The Morgan fingerprint density at radius 3 is 2.64 bits per heavy atom. The van der Waals surface area contributed by atoms with E-state index in [0.717, 1.165) is 54.4 Å². The molecule has 1 N–H and O–H groups in total. The van der Waals surface area contributed by atoms with Crippen molar-refractivity contribution in [2.24, 2.45) is 0 Å². The molecule has 1 aromatic carbocycles. The first-order valence-corrected chi connectivity index (χ1v) is 11.3. The molecule has 1 saturated heterocycles. The van der Waals surface area contributed by atoms with Gasteiger partial charge in [-0.05, 0) is 42.5 Å². The topological polar surface area (TPSA) is 87.4 Å². The molecule has 4 aromatic rings. The van der Waals surface area contributed by atoms with E-state index in [9.17, 15) is 4.79 Å². The second-order valence-corrected chi connectivity index (χ2v) is 8.61. The molecule has 1 amide bonds. The highest BCUT2D eigenvalue weighted by molar-refractivity contribution is 6.05. The maximum atomic E-state index is 13.0. The molecule has 6 rings (SSSR count). The summed E-state index contributed by atoms with van der Waals surface area (Å²) in [5.74, 6) is 1.84. The van der Waals surface area contributed by atoms with E-state index in [4.69, 9.17) is 4.42 Å². The molecule has 0 unspecified atom stereocenters. The molecule has 2 fully saturated rings. The number of oxazole rings is 1. The lowest BCUT2D eigenvalue weighted by Gasteiger charge is -2.35. The molecule has 2 aliphatic rings. The Bertz CT molecular complexity index is 1290. The Hall–Kier alpha value is -3.78. The molecule has 0 bridgehead atoms. The first kappa shape index (κ1) is 19.9. The number of anilines is 2. The predicted molar refractivity (Wildman–Crippen MR) is 126 cm³/mol. The minimum Gasteiger partial charge on any atom is -0.444 e. The van der Waals surface area contributed by atoms with Gasteiger partial charge in [0.25, 0.3) is 5.91 Å². The lowest BCUT2D eigenvalue weighted by Crippen LogP contribution is -2.47. The number of pyridine rings is 2.